The average molecular weight is 467 g/mol. The molecule has 7 nitrogen and oxygen atoms in total. The van der Waals surface area contributed by atoms with Crippen LogP contribution in [0.4, 0.5) is 0 Å². The molecular weight excluding hydrogens is 452 g/mol. The molecule has 0 unspecified atom stereocenters. The summed E-state index contributed by atoms with van der Waals surface area (Å²) in [6.07, 6.45) is 0. The Kier molecular flexibility index (Phi) is 5.23. The summed E-state index contributed by atoms with van der Waals surface area (Å²) in [6, 6.07) is 17.1. The lowest BCUT2D eigenvalue weighted by Gasteiger charge is -2.05. The van der Waals surface area contributed by atoms with Crippen molar-refractivity contribution in [2.75, 3.05) is 5.84 Å². The number of thioether (sulfide) groups is 1. The summed E-state index contributed by atoms with van der Waals surface area (Å²) in [5.74, 6) is 7.58. The van der Waals surface area contributed by atoms with Gasteiger partial charge >= 0.3 is 0 Å². The van der Waals surface area contributed by atoms with Gasteiger partial charge in [0.25, 0.3) is 5.56 Å². The number of hydrogen-bond donors (Lipinski definition) is 2. The summed E-state index contributed by atoms with van der Waals surface area (Å²) >= 11 is 9.03. The summed E-state index contributed by atoms with van der Waals surface area (Å²) in [7, 11) is 0. The fraction of sp³-hybridized carbons (Fsp3) is 0.0476. The molecule has 0 saturated heterocycles. The predicted octanol–water partition coefficient (Wildman–Crippen LogP) is 4.57. The van der Waals surface area contributed by atoms with Crippen molar-refractivity contribution in [3.05, 3.63) is 81.2 Å². The first-order valence-corrected chi connectivity index (χ1v) is 11.5. The van der Waals surface area contributed by atoms with E-state index in [1.165, 1.54) is 27.8 Å². The van der Waals surface area contributed by atoms with Crippen LogP contribution in [0.15, 0.2) is 69.9 Å². The Hall–Kier alpha value is -3.14. The lowest BCUT2D eigenvalue weighted by atomic mass is 10.1. The van der Waals surface area contributed by atoms with Gasteiger partial charge in [-0.2, -0.15) is 0 Å². The second-order valence-electron chi connectivity index (χ2n) is 6.65. The largest absolute Gasteiger partial charge is 0.335 e. The standard InChI is InChI=1S/C21H15ClN6OS2/c22-15-9-5-4-8-13(15)18-26-27-21(28(18)23)31-11-16-24-19(29)17-14(10-30-20(17)25-16)12-6-2-1-3-7-12/h1-10H,11,23H2,(H,24,25,29). The van der Waals surface area contributed by atoms with E-state index in [2.05, 4.69) is 20.2 Å². The highest BCUT2D eigenvalue weighted by atomic mass is 35.5. The Morgan fingerprint density at radius 1 is 1.06 bits per heavy atom. The molecule has 0 saturated carbocycles. The molecule has 3 heterocycles. The molecule has 5 aromatic rings. The van der Waals surface area contributed by atoms with Crippen LogP contribution in [0.5, 0.6) is 0 Å². The van der Waals surface area contributed by atoms with Gasteiger partial charge in [-0.1, -0.05) is 65.8 Å². The normalized spacial score (nSPS) is 11.3. The minimum atomic E-state index is -0.160. The molecular formula is C21H15ClN6OS2. The molecule has 10 heteroatoms. The molecule has 0 amide bonds. The van der Waals surface area contributed by atoms with Gasteiger partial charge < -0.3 is 10.8 Å². The van der Waals surface area contributed by atoms with Gasteiger partial charge in [0.2, 0.25) is 5.16 Å². The number of aromatic amines is 1. The average Bonchev–Trinajstić information content (AvgIpc) is 3.37. The number of thiophene rings is 1. The summed E-state index contributed by atoms with van der Waals surface area (Å²) in [5.41, 5.74) is 2.42. The van der Waals surface area contributed by atoms with Gasteiger partial charge in [0.1, 0.15) is 10.7 Å². The van der Waals surface area contributed by atoms with Crippen molar-refractivity contribution in [3.8, 4) is 22.5 Å². The Bertz CT molecular complexity index is 1440. The molecule has 0 radical (unpaired) electrons. The maximum atomic E-state index is 12.8. The van der Waals surface area contributed by atoms with Crippen LogP contribution < -0.4 is 11.4 Å². The minimum Gasteiger partial charge on any atom is -0.335 e. The zero-order valence-corrected chi connectivity index (χ0v) is 18.3. The second-order valence-corrected chi connectivity index (χ2v) is 8.86. The maximum Gasteiger partial charge on any atom is 0.260 e. The first-order chi connectivity index (χ1) is 15.1. The predicted molar refractivity (Wildman–Crippen MR) is 126 cm³/mol. The van der Waals surface area contributed by atoms with Gasteiger partial charge in [0, 0.05) is 16.5 Å². The number of aromatic nitrogens is 5. The van der Waals surface area contributed by atoms with Crippen molar-refractivity contribution >= 4 is 44.9 Å². The van der Waals surface area contributed by atoms with Crippen molar-refractivity contribution in [3.63, 3.8) is 0 Å². The van der Waals surface area contributed by atoms with Crippen molar-refractivity contribution in [1.82, 2.24) is 24.8 Å². The third kappa shape index (κ3) is 3.71. The number of fused-ring (bicyclic) bond motifs is 1. The molecule has 0 aliphatic rings. The van der Waals surface area contributed by atoms with E-state index in [0.29, 0.717) is 43.4 Å². The van der Waals surface area contributed by atoms with Gasteiger partial charge in [-0.3, -0.25) is 4.79 Å². The number of nitrogens with zero attached hydrogens (tertiary/aromatic N) is 4. The fourth-order valence-corrected chi connectivity index (χ4v) is 5.14. The second kappa shape index (κ2) is 8.18. The highest BCUT2D eigenvalue weighted by molar-refractivity contribution is 7.98. The van der Waals surface area contributed by atoms with E-state index in [-0.39, 0.29) is 5.56 Å². The lowest BCUT2D eigenvalue weighted by Crippen LogP contribution is -2.13. The monoisotopic (exact) mass is 466 g/mol. The Labute approximate surface area is 189 Å². The Balaban J connectivity index is 1.41. The highest BCUT2D eigenvalue weighted by Crippen LogP contribution is 2.31. The number of nitrogen functional groups attached to an aromatic ring is 1. The molecule has 0 aliphatic carbocycles. The van der Waals surface area contributed by atoms with E-state index in [9.17, 15) is 4.79 Å². The van der Waals surface area contributed by atoms with Crippen LogP contribution in [-0.4, -0.2) is 24.8 Å². The number of nitrogens with one attached hydrogen (secondary N) is 1. The van der Waals surface area contributed by atoms with Gasteiger partial charge in [-0.05, 0) is 17.7 Å². The SMILES string of the molecule is Nn1c(SCc2nc3scc(-c4ccccc4)c3c(=O)[nH]2)nnc1-c1ccccc1Cl. The quantitative estimate of drug-likeness (QED) is 0.290. The molecule has 0 atom stereocenters. The van der Waals surface area contributed by atoms with Crippen LogP contribution in [0, 0.1) is 0 Å². The first-order valence-electron chi connectivity index (χ1n) is 9.26. The van der Waals surface area contributed by atoms with Gasteiger partial charge in [-0.15, -0.1) is 21.5 Å². The molecule has 2 aromatic carbocycles. The lowest BCUT2D eigenvalue weighted by molar-refractivity contribution is 0.848. The van der Waals surface area contributed by atoms with E-state index in [4.69, 9.17) is 17.4 Å². The first kappa shape index (κ1) is 19.8. The van der Waals surface area contributed by atoms with Gasteiger partial charge in [-0.25, -0.2) is 9.66 Å². The summed E-state index contributed by atoms with van der Waals surface area (Å²) in [6.45, 7) is 0. The summed E-state index contributed by atoms with van der Waals surface area (Å²) in [4.78, 5) is 21.0. The van der Waals surface area contributed by atoms with Gasteiger partial charge in [0.05, 0.1) is 16.2 Å². The smallest absolute Gasteiger partial charge is 0.260 e. The Morgan fingerprint density at radius 2 is 1.84 bits per heavy atom. The fourth-order valence-electron chi connectivity index (χ4n) is 3.23. The van der Waals surface area contributed by atoms with Crippen LogP contribution in [0.1, 0.15) is 5.82 Å². The number of H-pyrrole nitrogens is 1. The van der Waals surface area contributed by atoms with Crippen LogP contribution in [-0.2, 0) is 5.75 Å². The molecule has 31 heavy (non-hydrogen) atoms. The van der Waals surface area contributed by atoms with Crippen molar-refractivity contribution < 1.29 is 0 Å². The van der Waals surface area contributed by atoms with E-state index in [0.717, 1.165) is 11.1 Å². The van der Waals surface area contributed by atoms with E-state index in [1.54, 1.807) is 6.07 Å². The molecule has 3 aromatic heterocycles. The molecule has 0 spiro atoms. The summed E-state index contributed by atoms with van der Waals surface area (Å²) < 4.78 is 1.39. The molecule has 154 valence electrons. The Morgan fingerprint density at radius 3 is 2.65 bits per heavy atom. The molecule has 0 fully saturated rings. The van der Waals surface area contributed by atoms with Crippen LogP contribution >= 0.6 is 34.7 Å². The van der Waals surface area contributed by atoms with Crippen LogP contribution in [0.2, 0.25) is 5.02 Å². The maximum absolute atomic E-state index is 12.8. The third-order valence-electron chi connectivity index (χ3n) is 4.70. The van der Waals surface area contributed by atoms with E-state index >= 15 is 0 Å². The zero-order valence-electron chi connectivity index (χ0n) is 15.9. The topological polar surface area (TPSA) is 102 Å². The van der Waals surface area contributed by atoms with Crippen molar-refractivity contribution in [2.45, 2.75) is 10.9 Å². The molecule has 0 aliphatic heterocycles. The minimum absolute atomic E-state index is 0.160. The number of rotatable bonds is 5. The number of benzene rings is 2. The zero-order chi connectivity index (χ0) is 21.4. The van der Waals surface area contributed by atoms with Gasteiger partial charge in [0.15, 0.2) is 5.82 Å². The summed E-state index contributed by atoms with van der Waals surface area (Å²) in [5, 5.41) is 11.9. The van der Waals surface area contributed by atoms with Crippen molar-refractivity contribution in [2.24, 2.45) is 0 Å². The molecule has 5 rings (SSSR count). The van der Waals surface area contributed by atoms with E-state index < -0.39 is 0 Å². The highest BCUT2D eigenvalue weighted by Gasteiger charge is 2.16. The molecule has 3 N–H and O–H groups in total. The van der Waals surface area contributed by atoms with Crippen LogP contribution in [0.25, 0.3) is 32.7 Å². The third-order valence-corrected chi connectivity index (χ3v) is 6.85. The number of halogens is 1. The number of nitrogens with two attached hydrogens (primary N) is 1. The van der Waals surface area contributed by atoms with Crippen LogP contribution in [0.3, 0.4) is 0 Å². The molecule has 0 bridgehead atoms. The van der Waals surface area contributed by atoms with Crippen molar-refractivity contribution in [1.29, 1.82) is 0 Å². The van der Waals surface area contributed by atoms with E-state index in [1.807, 2.05) is 53.9 Å². The number of hydrogen-bond acceptors (Lipinski definition) is 7.